The maximum Gasteiger partial charge on any atom is 0.322 e. The van der Waals surface area contributed by atoms with Crippen LogP contribution in [0.3, 0.4) is 0 Å². The number of rotatable bonds is 3. The van der Waals surface area contributed by atoms with Gasteiger partial charge < -0.3 is 10.1 Å². The molecule has 2 aliphatic rings. The molecule has 2 fully saturated rings. The highest BCUT2D eigenvalue weighted by Crippen LogP contribution is 2.37. The lowest BCUT2D eigenvalue weighted by molar-refractivity contribution is -0.135. The second-order valence-electron chi connectivity index (χ2n) is 4.82. The van der Waals surface area contributed by atoms with Crippen molar-refractivity contribution in [3.8, 4) is 0 Å². The highest BCUT2D eigenvalue weighted by molar-refractivity contribution is 6.07. The van der Waals surface area contributed by atoms with E-state index >= 15 is 0 Å². The van der Waals surface area contributed by atoms with E-state index in [-0.39, 0.29) is 12.0 Å². The summed E-state index contributed by atoms with van der Waals surface area (Å²) in [5.74, 6) is -0.230. The lowest BCUT2D eigenvalue weighted by atomic mass is 9.74. The van der Waals surface area contributed by atoms with E-state index in [1.807, 2.05) is 30.3 Å². The second kappa shape index (κ2) is 4.10. The highest BCUT2D eigenvalue weighted by Gasteiger charge is 2.55. The molecule has 94 valence electrons. The van der Waals surface area contributed by atoms with E-state index in [9.17, 15) is 9.59 Å². The fraction of sp³-hybridized carbons (Fsp3) is 0.385. The number of hydrogen-bond donors (Lipinski definition) is 2. The number of amides is 3. The molecule has 1 aliphatic carbocycles. The summed E-state index contributed by atoms with van der Waals surface area (Å²) in [6.45, 7) is 0.539. The molecule has 0 aromatic heterocycles. The standard InChI is InChI=1S/C13H14N2O3/c16-11-13(15-12(17)14-11)6-10(7-13)18-8-9-4-2-1-3-5-9/h1-5,10H,6-8H2,(H2,14,15,16,17). The zero-order valence-electron chi connectivity index (χ0n) is 9.81. The molecule has 0 unspecified atom stereocenters. The Morgan fingerprint density at radius 2 is 1.94 bits per heavy atom. The quantitative estimate of drug-likeness (QED) is 0.780. The minimum atomic E-state index is -0.710. The summed E-state index contributed by atoms with van der Waals surface area (Å²) < 4.78 is 5.70. The summed E-state index contributed by atoms with van der Waals surface area (Å²) in [5.41, 5.74) is 0.400. The van der Waals surface area contributed by atoms with Gasteiger partial charge in [0.05, 0.1) is 12.7 Å². The van der Waals surface area contributed by atoms with Crippen LogP contribution in [0.1, 0.15) is 18.4 Å². The van der Waals surface area contributed by atoms with Crippen LogP contribution in [-0.4, -0.2) is 23.6 Å². The topological polar surface area (TPSA) is 67.4 Å². The van der Waals surface area contributed by atoms with Crippen molar-refractivity contribution in [3.63, 3.8) is 0 Å². The Bertz CT molecular complexity index is 480. The van der Waals surface area contributed by atoms with Crippen LogP contribution in [0.2, 0.25) is 0 Å². The minimum absolute atomic E-state index is 0.0364. The van der Waals surface area contributed by atoms with Crippen molar-refractivity contribution in [2.75, 3.05) is 0 Å². The van der Waals surface area contributed by atoms with E-state index in [1.54, 1.807) is 0 Å². The van der Waals surface area contributed by atoms with E-state index < -0.39 is 11.6 Å². The van der Waals surface area contributed by atoms with Crippen molar-refractivity contribution in [1.29, 1.82) is 0 Å². The van der Waals surface area contributed by atoms with Crippen molar-refractivity contribution < 1.29 is 14.3 Å². The Labute approximate surface area is 105 Å². The molecule has 3 amide bonds. The van der Waals surface area contributed by atoms with Crippen molar-refractivity contribution in [3.05, 3.63) is 35.9 Å². The summed E-state index contributed by atoms with van der Waals surface area (Å²) in [4.78, 5) is 22.6. The van der Waals surface area contributed by atoms with Gasteiger partial charge >= 0.3 is 6.03 Å². The van der Waals surface area contributed by atoms with Crippen molar-refractivity contribution in [2.24, 2.45) is 0 Å². The summed E-state index contributed by atoms with van der Waals surface area (Å²) in [7, 11) is 0. The van der Waals surface area contributed by atoms with Gasteiger partial charge in [0, 0.05) is 12.8 Å². The Balaban J connectivity index is 1.51. The number of benzene rings is 1. The Morgan fingerprint density at radius 1 is 1.22 bits per heavy atom. The van der Waals surface area contributed by atoms with Crippen LogP contribution in [-0.2, 0) is 16.1 Å². The van der Waals surface area contributed by atoms with Gasteiger partial charge in [0.1, 0.15) is 5.54 Å². The van der Waals surface area contributed by atoms with Gasteiger partial charge in [0.2, 0.25) is 0 Å². The fourth-order valence-corrected chi connectivity index (χ4v) is 2.44. The average Bonchev–Trinajstić information content (AvgIpc) is 2.62. The molecule has 2 N–H and O–H groups in total. The van der Waals surface area contributed by atoms with Gasteiger partial charge in [-0.05, 0) is 5.56 Å². The molecule has 0 bridgehead atoms. The molecule has 1 saturated heterocycles. The van der Waals surface area contributed by atoms with E-state index in [2.05, 4.69) is 10.6 Å². The molecule has 5 heteroatoms. The highest BCUT2D eigenvalue weighted by atomic mass is 16.5. The molecule has 1 aromatic carbocycles. The third-order valence-corrected chi connectivity index (χ3v) is 3.50. The predicted molar refractivity (Wildman–Crippen MR) is 63.7 cm³/mol. The lowest BCUT2D eigenvalue weighted by Crippen LogP contribution is -2.59. The molecule has 3 rings (SSSR count). The van der Waals surface area contributed by atoms with E-state index in [0.717, 1.165) is 5.56 Å². The summed E-state index contributed by atoms with van der Waals surface area (Å²) in [6, 6.07) is 9.48. The molecular formula is C13H14N2O3. The third kappa shape index (κ3) is 1.86. The van der Waals surface area contributed by atoms with Crippen molar-refractivity contribution >= 4 is 11.9 Å². The molecule has 1 aliphatic heterocycles. The van der Waals surface area contributed by atoms with Gasteiger partial charge in [0.15, 0.2) is 0 Å². The lowest BCUT2D eigenvalue weighted by Gasteiger charge is -2.41. The number of ether oxygens (including phenoxy) is 1. The number of nitrogens with one attached hydrogen (secondary N) is 2. The van der Waals surface area contributed by atoms with Crippen LogP contribution < -0.4 is 10.6 Å². The maximum absolute atomic E-state index is 11.6. The summed E-state index contributed by atoms with van der Waals surface area (Å²) in [6.07, 6.45) is 1.14. The summed E-state index contributed by atoms with van der Waals surface area (Å²) in [5, 5.41) is 4.92. The van der Waals surface area contributed by atoms with Gasteiger partial charge in [-0.1, -0.05) is 30.3 Å². The second-order valence-corrected chi connectivity index (χ2v) is 4.82. The van der Waals surface area contributed by atoms with E-state index in [4.69, 9.17) is 4.74 Å². The van der Waals surface area contributed by atoms with Gasteiger partial charge in [-0.3, -0.25) is 10.1 Å². The van der Waals surface area contributed by atoms with Crippen molar-refractivity contribution in [2.45, 2.75) is 31.1 Å². The molecule has 18 heavy (non-hydrogen) atoms. The van der Waals surface area contributed by atoms with Crippen LogP contribution in [0.15, 0.2) is 30.3 Å². The van der Waals surface area contributed by atoms with E-state index in [0.29, 0.717) is 19.4 Å². The van der Waals surface area contributed by atoms with Crippen LogP contribution in [0.5, 0.6) is 0 Å². The molecular weight excluding hydrogens is 232 g/mol. The number of hydrogen-bond acceptors (Lipinski definition) is 3. The number of imide groups is 1. The monoisotopic (exact) mass is 246 g/mol. The minimum Gasteiger partial charge on any atom is -0.373 e. The average molecular weight is 246 g/mol. The SMILES string of the molecule is O=C1NC(=O)C2(CC(OCc3ccccc3)C2)N1. The molecule has 1 heterocycles. The van der Waals surface area contributed by atoms with Crippen LogP contribution in [0.4, 0.5) is 4.79 Å². The fourth-order valence-electron chi connectivity index (χ4n) is 2.44. The largest absolute Gasteiger partial charge is 0.373 e. The zero-order chi connectivity index (χ0) is 12.6. The first-order chi connectivity index (χ1) is 8.68. The van der Waals surface area contributed by atoms with Crippen LogP contribution in [0, 0.1) is 0 Å². The molecule has 1 spiro atoms. The smallest absolute Gasteiger partial charge is 0.322 e. The number of carbonyl (C=O) groups is 2. The predicted octanol–water partition coefficient (Wildman–Crippen LogP) is 0.944. The maximum atomic E-state index is 11.6. The molecule has 1 aromatic rings. The molecule has 0 radical (unpaired) electrons. The van der Waals surface area contributed by atoms with Gasteiger partial charge in [0.25, 0.3) is 5.91 Å². The number of carbonyl (C=O) groups excluding carboxylic acids is 2. The van der Waals surface area contributed by atoms with Gasteiger partial charge in [-0.25, -0.2) is 4.79 Å². The van der Waals surface area contributed by atoms with Crippen LogP contribution >= 0.6 is 0 Å². The molecule has 5 nitrogen and oxygen atoms in total. The Kier molecular flexibility index (Phi) is 2.56. The molecule has 0 atom stereocenters. The van der Waals surface area contributed by atoms with Crippen LogP contribution in [0.25, 0.3) is 0 Å². The number of urea groups is 1. The first-order valence-electron chi connectivity index (χ1n) is 5.97. The van der Waals surface area contributed by atoms with Gasteiger partial charge in [-0.2, -0.15) is 0 Å². The first-order valence-corrected chi connectivity index (χ1v) is 5.97. The third-order valence-electron chi connectivity index (χ3n) is 3.50. The Hall–Kier alpha value is -1.88. The Morgan fingerprint density at radius 3 is 2.56 bits per heavy atom. The zero-order valence-corrected chi connectivity index (χ0v) is 9.81. The normalized spacial score (nSPS) is 29.9. The first kappa shape index (κ1) is 11.2. The summed E-state index contributed by atoms with van der Waals surface area (Å²) >= 11 is 0. The van der Waals surface area contributed by atoms with Crippen molar-refractivity contribution in [1.82, 2.24) is 10.6 Å². The molecule has 1 saturated carbocycles. The van der Waals surface area contributed by atoms with Gasteiger partial charge in [-0.15, -0.1) is 0 Å². The van der Waals surface area contributed by atoms with E-state index in [1.165, 1.54) is 0 Å².